The molecule has 0 aliphatic rings. The number of amides is 1. The van der Waals surface area contributed by atoms with Gasteiger partial charge in [0.05, 0.1) is 23.1 Å². The van der Waals surface area contributed by atoms with Gasteiger partial charge in [0.1, 0.15) is 17.2 Å². The fourth-order valence-corrected chi connectivity index (χ4v) is 2.63. The highest BCUT2D eigenvalue weighted by Gasteiger charge is 2.17. The fraction of sp³-hybridized carbons (Fsp3) is 0.100. The SMILES string of the molecule is CCc1ccc(Cl)c(-c2cnc(NC(=O)c3c(F)cccc3F)cn2)c1.O=C=O. The van der Waals surface area contributed by atoms with E-state index in [1.807, 2.05) is 19.1 Å². The maximum absolute atomic E-state index is 13.7. The number of nitrogens with one attached hydrogen (secondary N) is 1. The topological polar surface area (TPSA) is 89.0 Å². The third-order valence-corrected chi connectivity index (χ3v) is 4.13. The van der Waals surface area contributed by atoms with Gasteiger partial charge >= 0.3 is 6.15 Å². The van der Waals surface area contributed by atoms with E-state index >= 15 is 0 Å². The molecule has 0 saturated carbocycles. The minimum atomic E-state index is -0.949. The average Bonchev–Trinajstić information content (AvgIpc) is 2.69. The van der Waals surface area contributed by atoms with Crippen LogP contribution in [0.5, 0.6) is 0 Å². The van der Waals surface area contributed by atoms with Crippen molar-refractivity contribution >= 4 is 29.5 Å². The summed E-state index contributed by atoms with van der Waals surface area (Å²) >= 11 is 6.21. The van der Waals surface area contributed by atoms with Crippen molar-refractivity contribution < 1.29 is 23.2 Å². The summed E-state index contributed by atoms with van der Waals surface area (Å²) in [4.78, 5) is 36.6. The summed E-state index contributed by atoms with van der Waals surface area (Å²) in [5.74, 6) is -2.76. The van der Waals surface area contributed by atoms with E-state index in [-0.39, 0.29) is 12.0 Å². The maximum atomic E-state index is 13.7. The molecule has 0 saturated heterocycles. The number of aromatic nitrogens is 2. The Bertz CT molecular complexity index is 1030. The molecule has 0 unspecified atom stereocenters. The number of hydrogen-bond acceptors (Lipinski definition) is 5. The molecule has 0 atom stereocenters. The summed E-state index contributed by atoms with van der Waals surface area (Å²) in [5.41, 5.74) is 1.67. The van der Waals surface area contributed by atoms with Gasteiger partial charge in [-0.25, -0.2) is 13.8 Å². The lowest BCUT2D eigenvalue weighted by molar-refractivity contribution is -0.191. The van der Waals surface area contributed by atoms with E-state index in [0.29, 0.717) is 10.7 Å². The standard InChI is InChI=1S/C19H14ClF2N3O.CO2/c1-2-11-6-7-13(20)12(8-11)16-9-24-17(10-23-16)25-19(26)18-14(21)4-3-5-15(18)22;2-1-3/h3-10H,2H2,1H3,(H,24,25,26);. The third kappa shape index (κ3) is 5.51. The Morgan fingerprint density at radius 3 is 2.31 bits per heavy atom. The first kappa shape index (κ1) is 21.8. The van der Waals surface area contributed by atoms with Crippen LogP contribution in [0.2, 0.25) is 5.02 Å². The predicted octanol–water partition coefficient (Wildman–Crippen LogP) is 4.31. The molecular formula is C20H14ClF2N3O3. The van der Waals surface area contributed by atoms with Crippen LogP contribution in [-0.4, -0.2) is 22.0 Å². The first-order valence-electron chi connectivity index (χ1n) is 8.26. The molecule has 1 amide bonds. The van der Waals surface area contributed by atoms with Gasteiger partial charge in [-0.3, -0.25) is 9.78 Å². The summed E-state index contributed by atoms with van der Waals surface area (Å²) in [6.07, 6.45) is 3.84. The second-order valence-corrected chi connectivity index (χ2v) is 6.00. The smallest absolute Gasteiger partial charge is 0.305 e. The Balaban J connectivity index is 0.000000941. The van der Waals surface area contributed by atoms with E-state index in [4.69, 9.17) is 21.2 Å². The predicted molar refractivity (Wildman–Crippen MR) is 101 cm³/mol. The molecule has 0 fully saturated rings. The zero-order chi connectivity index (χ0) is 21.4. The van der Waals surface area contributed by atoms with Gasteiger partial charge < -0.3 is 5.32 Å². The van der Waals surface area contributed by atoms with E-state index in [1.54, 1.807) is 6.07 Å². The van der Waals surface area contributed by atoms with Crippen LogP contribution in [0.25, 0.3) is 11.3 Å². The molecule has 9 heteroatoms. The highest BCUT2D eigenvalue weighted by molar-refractivity contribution is 6.33. The Kier molecular flexibility index (Phi) is 7.65. The molecular weight excluding hydrogens is 404 g/mol. The Morgan fingerprint density at radius 1 is 1.10 bits per heavy atom. The molecule has 0 spiro atoms. The molecule has 1 heterocycles. The largest absolute Gasteiger partial charge is 0.373 e. The van der Waals surface area contributed by atoms with E-state index in [0.717, 1.165) is 29.7 Å². The lowest BCUT2D eigenvalue weighted by Crippen LogP contribution is -2.16. The second-order valence-electron chi connectivity index (χ2n) is 5.59. The fourth-order valence-electron chi connectivity index (χ4n) is 2.41. The quantitative estimate of drug-likeness (QED) is 0.683. The zero-order valence-electron chi connectivity index (χ0n) is 15.1. The van der Waals surface area contributed by atoms with Gasteiger partial charge in [-0.2, -0.15) is 9.59 Å². The van der Waals surface area contributed by atoms with Crippen LogP contribution >= 0.6 is 11.6 Å². The first-order chi connectivity index (χ1) is 13.9. The minimum absolute atomic E-state index is 0.0733. The number of hydrogen-bond donors (Lipinski definition) is 1. The number of aryl methyl sites for hydroxylation is 1. The molecule has 0 bridgehead atoms. The van der Waals surface area contributed by atoms with Crippen LogP contribution in [0, 0.1) is 11.6 Å². The molecule has 1 N–H and O–H groups in total. The molecule has 2 aromatic carbocycles. The monoisotopic (exact) mass is 417 g/mol. The van der Waals surface area contributed by atoms with E-state index < -0.39 is 23.1 Å². The maximum Gasteiger partial charge on any atom is 0.373 e. The lowest BCUT2D eigenvalue weighted by Gasteiger charge is -2.08. The van der Waals surface area contributed by atoms with Gasteiger partial charge in [-0.05, 0) is 36.2 Å². The minimum Gasteiger partial charge on any atom is -0.305 e. The van der Waals surface area contributed by atoms with E-state index in [9.17, 15) is 13.6 Å². The molecule has 6 nitrogen and oxygen atoms in total. The number of anilines is 1. The van der Waals surface area contributed by atoms with Crippen LogP contribution in [0.4, 0.5) is 14.6 Å². The molecule has 1 aromatic heterocycles. The highest BCUT2D eigenvalue weighted by atomic mass is 35.5. The molecule has 0 aliphatic heterocycles. The molecule has 0 radical (unpaired) electrons. The van der Waals surface area contributed by atoms with Crippen molar-refractivity contribution in [3.05, 3.63) is 76.6 Å². The van der Waals surface area contributed by atoms with Crippen molar-refractivity contribution in [2.45, 2.75) is 13.3 Å². The van der Waals surface area contributed by atoms with Crippen molar-refractivity contribution in [3.63, 3.8) is 0 Å². The Labute approximate surface area is 169 Å². The number of carbonyl (C=O) groups is 1. The van der Waals surface area contributed by atoms with Crippen molar-refractivity contribution in [2.24, 2.45) is 0 Å². The van der Waals surface area contributed by atoms with Gasteiger partial charge in [0.2, 0.25) is 0 Å². The number of rotatable bonds is 4. The third-order valence-electron chi connectivity index (χ3n) is 3.80. The van der Waals surface area contributed by atoms with Gasteiger partial charge in [0.25, 0.3) is 5.91 Å². The summed E-state index contributed by atoms with van der Waals surface area (Å²) < 4.78 is 27.3. The summed E-state index contributed by atoms with van der Waals surface area (Å²) in [5, 5.41) is 2.86. The van der Waals surface area contributed by atoms with Gasteiger partial charge in [0.15, 0.2) is 5.82 Å². The van der Waals surface area contributed by atoms with Crippen LogP contribution in [-0.2, 0) is 16.0 Å². The number of nitrogens with zero attached hydrogens (tertiary/aromatic N) is 2. The molecule has 0 aliphatic carbocycles. The van der Waals surface area contributed by atoms with Gasteiger partial charge in [-0.1, -0.05) is 30.7 Å². The van der Waals surface area contributed by atoms with E-state index in [1.165, 1.54) is 18.5 Å². The molecule has 29 heavy (non-hydrogen) atoms. The average molecular weight is 418 g/mol. The van der Waals surface area contributed by atoms with Crippen molar-refractivity contribution in [2.75, 3.05) is 5.32 Å². The lowest BCUT2D eigenvalue weighted by atomic mass is 10.1. The van der Waals surface area contributed by atoms with Crippen molar-refractivity contribution in [1.82, 2.24) is 9.97 Å². The number of carbonyl (C=O) groups excluding carboxylic acids is 3. The number of halogens is 3. The normalized spacial score (nSPS) is 9.79. The second kappa shape index (κ2) is 10.2. The zero-order valence-corrected chi connectivity index (χ0v) is 15.8. The number of benzene rings is 2. The van der Waals surface area contributed by atoms with Crippen LogP contribution < -0.4 is 5.32 Å². The van der Waals surface area contributed by atoms with Crippen molar-refractivity contribution in [3.8, 4) is 11.3 Å². The first-order valence-corrected chi connectivity index (χ1v) is 8.64. The molecule has 3 aromatic rings. The summed E-state index contributed by atoms with van der Waals surface area (Å²) in [6, 6.07) is 8.83. The van der Waals surface area contributed by atoms with Crippen molar-refractivity contribution in [1.29, 1.82) is 0 Å². The Hall–Kier alpha value is -3.48. The molecule has 148 valence electrons. The van der Waals surface area contributed by atoms with Gasteiger partial charge in [0, 0.05) is 5.56 Å². The van der Waals surface area contributed by atoms with E-state index in [2.05, 4.69) is 15.3 Å². The van der Waals surface area contributed by atoms with Crippen LogP contribution in [0.3, 0.4) is 0 Å². The summed E-state index contributed by atoms with van der Waals surface area (Å²) in [7, 11) is 0. The summed E-state index contributed by atoms with van der Waals surface area (Å²) in [6.45, 7) is 2.03. The highest BCUT2D eigenvalue weighted by Crippen LogP contribution is 2.27. The van der Waals surface area contributed by atoms with Crippen LogP contribution in [0.1, 0.15) is 22.8 Å². The van der Waals surface area contributed by atoms with Crippen LogP contribution in [0.15, 0.2) is 48.8 Å². The molecule has 3 rings (SSSR count). The van der Waals surface area contributed by atoms with Gasteiger partial charge in [-0.15, -0.1) is 0 Å². The Morgan fingerprint density at radius 2 is 1.76 bits per heavy atom.